The number of hydrogen-bond acceptors (Lipinski definition) is 5. The lowest BCUT2D eigenvalue weighted by molar-refractivity contribution is -0.161. The summed E-state index contributed by atoms with van der Waals surface area (Å²) in [5.74, 6) is -0.0318. The molecule has 1 aromatic heterocycles. The van der Waals surface area contributed by atoms with Crippen LogP contribution in [-0.2, 0) is 11.3 Å². The van der Waals surface area contributed by atoms with Gasteiger partial charge in [0, 0.05) is 36.2 Å². The predicted octanol–water partition coefficient (Wildman–Crippen LogP) is 3.37. The van der Waals surface area contributed by atoms with Crippen LogP contribution >= 0.6 is 0 Å². The molecular weight excluding hydrogens is 406 g/mol. The van der Waals surface area contributed by atoms with E-state index < -0.39 is 6.09 Å². The van der Waals surface area contributed by atoms with E-state index in [4.69, 9.17) is 4.74 Å². The number of carbonyl (C=O) groups excluding carboxylic acids is 2. The zero-order valence-electron chi connectivity index (χ0n) is 17.7. The molecule has 3 fully saturated rings. The number of H-pyrrole nitrogens is 1. The third-order valence-electron chi connectivity index (χ3n) is 7.39. The van der Waals surface area contributed by atoms with Gasteiger partial charge in [0.2, 0.25) is 0 Å². The Balaban J connectivity index is 1.18. The summed E-state index contributed by atoms with van der Waals surface area (Å²) in [6.07, 6.45) is 2.89. The maximum absolute atomic E-state index is 13.4. The van der Waals surface area contributed by atoms with Crippen LogP contribution in [-0.4, -0.2) is 63.2 Å². The van der Waals surface area contributed by atoms with E-state index in [1.807, 2.05) is 41.3 Å². The molecule has 2 aliphatic heterocycles. The van der Waals surface area contributed by atoms with Gasteiger partial charge < -0.3 is 9.64 Å². The minimum atomic E-state index is -0.540. The second-order valence-corrected chi connectivity index (χ2v) is 8.91. The molecule has 164 valence electrons. The monoisotopic (exact) mass is 431 g/mol. The smallest absolute Gasteiger partial charge is 0.411 e. The third kappa shape index (κ3) is 2.97. The lowest BCUT2D eigenvalue weighted by Crippen LogP contribution is -2.79. The average molecular weight is 431 g/mol. The van der Waals surface area contributed by atoms with Gasteiger partial charge in [0.1, 0.15) is 6.61 Å². The number of aromatic amines is 1. The van der Waals surface area contributed by atoms with Crippen molar-refractivity contribution in [3.05, 3.63) is 59.8 Å². The van der Waals surface area contributed by atoms with Crippen molar-refractivity contribution >= 4 is 28.6 Å². The number of nitrogens with one attached hydrogen (secondary N) is 2. The number of piperazine rings is 1. The Kier molecular flexibility index (Phi) is 4.43. The first-order valence-electron chi connectivity index (χ1n) is 11.2. The Labute approximate surface area is 185 Å². The van der Waals surface area contributed by atoms with Crippen LogP contribution in [0.2, 0.25) is 0 Å². The van der Waals surface area contributed by atoms with E-state index in [0.29, 0.717) is 22.8 Å². The number of benzene rings is 2. The molecule has 2 unspecified atom stereocenters. The van der Waals surface area contributed by atoms with Crippen molar-refractivity contribution in [3.8, 4) is 0 Å². The van der Waals surface area contributed by atoms with Gasteiger partial charge in [0.25, 0.3) is 5.91 Å². The number of amides is 2. The van der Waals surface area contributed by atoms with Gasteiger partial charge >= 0.3 is 6.09 Å². The maximum Gasteiger partial charge on any atom is 0.411 e. The quantitative estimate of drug-likeness (QED) is 0.661. The number of carbonyl (C=O) groups is 2. The van der Waals surface area contributed by atoms with E-state index in [1.54, 1.807) is 12.1 Å². The van der Waals surface area contributed by atoms with Gasteiger partial charge in [-0.25, -0.2) is 4.79 Å². The van der Waals surface area contributed by atoms with Crippen molar-refractivity contribution in [2.45, 2.75) is 37.5 Å². The Morgan fingerprint density at radius 3 is 2.75 bits per heavy atom. The summed E-state index contributed by atoms with van der Waals surface area (Å²) in [5, 5.41) is 10.8. The zero-order valence-corrected chi connectivity index (χ0v) is 17.7. The second kappa shape index (κ2) is 7.34. The molecule has 0 bridgehead atoms. The van der Waals surface area contributed by atoms with Gasteiger partial charge in [-0.1, -0.05) is 30.3 Å². The number of aromatic nitrogens is 2. The van der Waals surface area contributed by atoms with Crippen molar-refractivity contribution in [3.63, 3.8) is 0 Å². The van der Waals surface area contributed by atoms with Crippen molar-refractivity contribution in [2.24, 2.45) is 0 Å². The fourth-order valence-corrected chi connectivity index (χ4v) is 5.50. The van der Waals surface area contributed by atoms with Gasteiger partial charge in [-0.15, -0.1) is 0 Å². The van der Waals surface area contributed by atoms with Crippen LogP contribution in [0.5, 0.6) is 0 Å². The number of rotatable bonds is 4. The SMILES string of the molecule is O=C(Nc1ccc2[nH]nc(C(=O)N3CCN4CCC45CCC35)c2c1)OCc1ccccc1. The molecule has 2 atom stereocenters. The highest BCUT2D eigenvalue weighted by molar-refractivity contribution is 6.06. The summed E-state index contributed by atoms with van der Waals surface area (Å²) < 4.78 is 5.31. The summed E-state index contributed by atoms with van der Waals surface area (Å²) in [7, 11) is 0. The number of fused-ring (bicyclic) bond motifs is 1. The summed E-state index contributed by atoms with van der Waals surface area (Å²) in [5.41, 5.74) is 2.88. The predicted molar refractivity (Wildman–Crippen MR) is 119 cm³/mol. The topological polar surface area (TPSA) is 90.6 Å². The summed E-state index contributed by atoms with van der Waals surface area (Å²) in [6.45, 7) is 3.02. The molecule has 1 aliphatic carbocycles. The Morgan fingerprint density at radius 2 is 2.00 bits per heavy atom. The Bertz CT molecular complexity index is 1190. The highest BCUT2D eigenvalue weighted by Crippen LogP contribution is 2.51. The summed E-state index contributed by atoms with van der Waals surface area (Å²) in [6, 6.07) is 15.2. The number of ether oxygens (including phenoxy) is 1. The molecule has 0 radical (unpaired) electrons. The van der Waals surface area contributed by atoms with E-state index in [2.05, 4.69) is 20.4 Å². The number of anilines is 1. The van der Waals surface area contributed by atoms with E-state index in [-0.39, 0.29) is 18.1 Å². The minimum absolute atomic E-state index is 0.0318. The van der Waals surface area contributed by atoms with E-state index >= 15 is 0 Å². The Hall–Kier alpha value is -3.39. The van der Waals surface area contributed by atoms with Gasteiger partial charge in [0.15, 0.2) is 5.69 Å². The Morgan fingerprint density at radius 1 is 1.12 bits per heavy atom. The van der Waals surface area contributed by atoms with Gasteiger partial charge in [-0.05, 0) is 43.0 Å². The summed E-state index contributed by atoms with van der Waals surface area (Å²) in [4.78, 5) is 30.2. The highest BCUT2D eigenvalue weighted by Gasteiger charge is 2.61. The van der Waals surface area contributed by atoms with Crippen LogP contribution in [0.25, 0.3) is 10.9 Å². The van der Waals surface area contributed by atoms with Crippen LogP contribution in [0.3, 0.4) is 0 Å². The van der Waals surface area contributed by atoms with Gasteiger partial charge in [-0.2, -0.15) is 5.10 Å². The highest BCUT2D eigenvalue weighted by atomic mass is 16.5. The molecule has 2 aromatic carbocycles. The fraction of sp³-hybridized carbons (Fsp3) is 0.375. The summed E-state index contributed by atoms with van der Waals surface area (Å²) >= 11 is 0. The molecule has 2 saturated heterocycles. The lowest BCUT2D eigenvalue weighted by Gasteiger charge is -2.68. The maximum atomic E-state index is 13.4. The molecule has 3 heterocycles. The molecule has 3 aromatic rings. The van der Waals surface area contributed by atoms with E-state index in [1.165, 1.54) is 12.8 Å². The first kappa shape index (κ1) is 19.3. The first-order chi connectivity index (χ1) is 15.6. The normalized spacial score (nSPS) is 24.1. The van der Waals surface area contributed by atoms with E-state index in [9.17, 15) is 9.59 Å². The first-order valence-corrected chi connectivity index (χ1v) is 11.2. The van der Waals surface area contributed by atoms with Crippen molar-refractivity contribution in [1.82, 2.24) is 20.0 Å². The van der Waals surface area contributed by atoms with Crippen LogP contribution in [0.15, 0.2) is 48.5 Å². The average Bonchev–Trinajstić information content (AvgIpc) is 3.18. The van der Waals surface area contributed by atoms with Crippen LogP contribution < -0.4 is 5.32 Å². The van der Waals surface area contributed by atoms with Crippen LogP contribution in [0.4, 0.5) is 10.5 Å². The van der Waals surface area contributed by atoms with Crippen molar-refractivity contribution in [1.29, 1.82) is 0 Å². The van der Waals surface area contributed by atoms with Crippen LogP contribution in [0.1, 0.15) is 35.3 Å². The zero-order chi connectivity index (χ0) is 21.7. The fourth-order valence-electron chi connectivity index (χ4n) is 5.50. The molecule has 2 N–H and O–H groups in total. The molecule has 32 heavy (non-hydrogen) atoms. The number of hydrogen-bond donors (Lipinski definition) is 2. The van der Waals surface area contributed by atoms with Gasteiger partial charge in [-0.3, -0.25) is 20.1 Å². The largest absolute Gasteiger partial charge is 0.444 e. The molecule has 8 nitrogen and oxygen atoms in total. The molecule has 6 rings (SSSR count). The molecule has 3 aliphatic rings. The molecule has 1 saturated carbocycles. The number of nitrogens with zero attached hydrogens (tertiary/aromatic N) is 3. The minimum Gasteiger partial charge on any atom is -0.444 e. The van der Waals surface area contributed by atoms with Crippen molar-refractivity contribution < 1.29 is 14.3 Å². The molecule has 2 amide bonds. The molecular formula is C24H25N5O3. The van der Waals surface area contributed by atoms with Crippen molar-refractivity contribution in [2.75, 3.05) is 25.0 Å². The van der Waals surface area contributed by atoms with E-state index in [0.717, 1.165) is 37.1 Å². The lowest BCUT2D eigenvalue weighted by atomic mass is 9.61. The molecule has 8 heteroatoms. The van der Waals surface area contributed by atoms with Crippen LogP contribution in [0, 0.1) is 0 Å². The standard InChI is InChI=1S/C24H25N5O3/c30-22(29-13-12-28-11-10-24(28)9-8-20(24)29)21-18-14-17(6-7-19(18)26-27-21)25-23(31)32-15-16-4-2-1-3-5-16/h1-7,14,20H,8-13,15H2,(H,25,31)(H,26,27). The second-order valence-electron chi connectivity index (χ2n) is 8.91. The molecule has 1 spiro atoms. The third-order valence-corrected chi connectivity index (χ3v) is 7.39. The van der Waals surface area contributed by atoms with Gasteiger partial charge in [0.05, 0.1) is 11.6 Å².